The summed E-state index contributed by atoms with van der Waals surface area (Å²) in [6, 6.07) is 0. The summed E-state index contributed by atoms with van der Waals surface area (Å²) in [6.45, 7) is 6.38. The lowest BCUT2D eigenvalue weighted by Crippen LogP contribution is -2.47. The van der Waals surface area contributed by atoms with Gasteiger partial charge in [0.2, 0.25) is 5.91 Å². The van der Waals surface area contributed by atoms with Crippen LogP contribution >= 0.6 is 15.9 Å². The lowest BCUT2D eigenvalue weighted by atomic mass is 9.79. The number of hydrogen-bond acceptors (Lipinski definition) is 1. The molecule has 18 heavy (non-hydrogen) atoms. The number of alkyl halides is 1. The van der Waals surface area contributed by atoms with Crippen LogP contribution in [0.5, 0.6) is 0 Å². The van der Waals surface area contributed by atoms with E-state index in [1.807, 2.05) is 0 Å². The third kappa shape index (κ3) is 5.29. The first-order chi connectivity index (χ1) is 8.48. The van der Waals surface area contributed by atoms with E-state index in [1.54, 1.807) is 0 Å². The van der Waals surface area contributed by atoms with Crippen LogP contribution in [0.1, 0.15) is 65.7 Å². The molecule has 0 atom stereocenters. The zero-order valence-corrected chi connectivity index (χ0v) is 13.7. The molecule has 0 aromatic rings. The number of carbonyl (C=O) groups is 1. The van der Waals surface area contributed by atoms with Crippen LogP contribution in [0.25, 0.3) is 0 Å². The van der Waals surface area contributed by atoms with Gasteiger partial charge in [0.15, 0.2) is 0 Å². The lowest BCUT2D eigenvalue weighted by Gasteiger charge is -2.31. The average Bonchev–Trinajstić information content (AvgIpc) is 2.36. The Bertz CT molecular complexity index is 257. The summed E-state index contributed by atoms with van der Waals surface area (Å²) < 4.78 is 0. The van der Waals surface area contributed by atoms with Crippen molar-refractivity contribution in [1.82, 2.24) is 5.32 Å². The Kier molecular flexibility index (Phi) is 6.68. The normalized spacial score (nSPS) is 24.9. The zero-order valence-electron chi connectivity index (χ0n) is 12.1. The summed E-state index contributed by atoms with van der Waals surface area (Å²) >= 11 is 3.45. The first-order valence-corrected chi connectivity index (χ1v) is 8.48. The first-order valence-electron chi connectivity index (χ1n) is 7.36. The number of carbonyl (C=O) groups excluding carboxylic acids is 1. The highest BCUT2D eigenvalue weighted by Gasteiger charge is 2.28. The van der Waals surface area contributed by atoms with Crippen molar-refractivity contribution in [3.63, 3.8) is 0 Å². The van der Waals surface area contributed by atoms with Crippen LogP contribution in [0.2, 0.25) is 0 Å². The Morgan fingerprint density at radius 3 is 2.39 bits per heavy atom. The van der Waals surface area contributed by atoms with Crippen LogP contribution in [0.4, 0.5) is 0 Å². The average molecular weight is 318 g/mol. The Labute approximate surface area is 120 Å². The van der Waals surface area contributed by atoms with Crippen molar-refractivity contribution in [2.24, 2.45) is 11.8 Å². The zero-order chi connectivity index (χ0) is 13.6. The molecule has 1 N–H and O–H groups in total. The number of halogens is 1. The molecule has 0 heterocycles. The summed E-state index contributed by atoms with van der Waals surface area (Å²) in [5.41, 5.74) is -0.129. The Balaban J connectivity index is 2.32. The van der Waals surface area contributed by atoms with Crippen molar-refractivity contribution in [2.45, 2.75) is 71.3 Å². The van der Waals surface area contributed by atoms with Crippen LogP contribution in [0.3, 0.4) is 0 Å². The highest BCUT2D eigenvalue weighted by Crippen LogP contribution is 2.32. The minimum atomic E-state index is -0.129. The fourth-order valence-corrected chi connectivity index (χ4v) is 2.82. The summed E-state index contributed by atoms with van der Waals surface area (Å²) in [4.78, 5) is 12.2. The molecule has 0 saturated heterocycles. The number of amides is 1. The van der Waals surface area contributed by atoms with Gasteiger partial charge in [-0.3, -0.25) is 4.79 Å². The molecule has 1 aliphatic rings. The molecule has 0 unspecified atom stereocenters. The quantitative estimate of drug-likeness (QED) is 0.728. The maximum absolute atomic E-state index is 12.2. The van der Waals surface area contributed by atoms with Crippen molar-refractivity contribution < 1.29 is 4.79 Å². The van der Waals surface area contributed by atoms with Gasteiger partial charge < -0.3 is 5.32 Å². The maximum atomic E-state index is 12.2. The van der Waals surface area contributed by atoms with Gasteiger partial charge in [-0.25, -0.2) is 0 Å². The van der Waals surface area contributed by atoms with E-state index in [4.69, 9.17) is 0 Å². The van der Waals surface area contributed by atoms with E-state index in [0.29, 0.717) is 0 Å². The summed E-state index contributed by atoms with van der Waals surface area (Å²) in [5, 5.41) is 3.95. The number of rotatable bonds is 6. The number of unbranched alkanes of at least 4 members (excludes halogenated alkanes) is 1. The molecule has 0 bridgehead atoms. The van der Waals surface area contributed by atoms with Crippen molar-refractivity contribution in [2.75, 3.05) is 5.33 Å². The lowest BCUT2D eigenvalue weighted by molar-refractivity contribution is -0.127. The predicted molar refractivity (Wildman–Crippen MR) is 81.0 cm³/mol. The fraction of sp³-hybridized carbons (Fsp3) is 0.933. The number of nitrogens with one attached hydrogen (secondary N) is 1. The van der Waals surface area contributed by atoms with Gasteiger partial charge >= 0.3 is 0 Å². The Morgan fingerprint density at radius 2 is 1.89 bits per heavy atom. The molecule has 0 aliphatic heterocycles. The van der Waals surface area contributed by atoms with Gasteiger partial charge in [0, 0.05) is 16.8 Å². The molecular formula is C15H28BrNO. The van der Waals surface area contributed by atoms with E-state index in [9.17, 15) is 4.79 Å². The van der Waals surface area contributed by atoms with E-state index >= 15 is 0 Å². The monoisotopic (exact) mass is 317 g/mol. The molecular weight excluding hydrogens is 290 g/mol. The SMILES string of the molecule is CCCCC1CCC(C(=O)NC(C)(C)CBr)CC1. The fourth-order valence-electron chi connectivity index (χ4n) is 2.68. The smallest absolute Gasteiger partial charge is 0.223 e. The second-order valence-corrected chi connectivity index (χ2v) is 6.93. The van der Waals surface area contributed by atoms with Crippen LogP contribution in [0.15, 0.2) is 0 Å². The van der Waals surface area contributed by atoms with Crippen molar-refractivity contribution in [3.05, 3.63) is 0 Å². The second kappa shape index (κ2) is 7.52. The largest absolute Gasteiger partial charge is 0.350 e. The summed E-state index contributed by atoms with van der Waals surface area (Å²) in [6.07, 6.45) is 8.65. The molecule has 1 fully saturated rings. The van der Waals surface area contributed by atoms with Crippen LogP contribution in [0, 0.1) is 11.8 Å². The van der Waals surface area contributed by atoms with E-state index in [2.05, 4.69) is 42.0 Å². The maximum Gasteiger partial charge on any atom is 0.223 e. The molecule has 3 heteroatoms. The number of hydrogen-bond donors (Lipinski definition) is 1. The summed E-state index contributed by atoms with van der Waals surface area (Å²) in [7, 11) is 0. The van der Waals surface area contributed by atoms with Crippen molar-refractivity contribution >= 4 is 21.8 Å². The minimum absolute atomic E-state index is 0.129. The predicted octanol–water partition coefficient (Wildman–Crippen LogP) is 4.27. The van der Waals surface area contributed by atoms with Gasteiger partial charge in [0.1, 0.15) is 0 Å². The van der Waals surface area contributed by atoms with Crippen LogP contribution in [-0.4, -0.2) is 16.8 Å². The minimum Gasteiger partial charge on any atom is -0.350 e. The molecule has 0 radical (unpaired) electrons. The molecule has 1 aliphatic carbocycles. The van der Waals surface area contributed by atoms with Crippen LogP contribution in [-0.2, 0) is 4.79 Å². The van der Waals surface area contributed by atoms with Gasteiger partial charge in [-0.1, -0.05) is 42.1 Å². The Hall–Kier alpha value is -0.0500. The van der Waals surface area contributed by atoms with Gasteiger partial charge in [-0.05, 0) is 45.4 Å². The molecule has 0 aromatic carbocycles. The summed E-state index contributed by atoms with van der Waals surface area (Å²) in [5.74, 6) is 1.38. The van der Waals surface area contributed by atoms with E-state index < -0.39 is 0 Å². The Morgan fingerprint density at radius 1 is 1.28 bits per heavy atom. The highest BCUT2D eigenvalue weighted by atomic mass is 79.9. The molecule has 0 aromatic heterocycles. The van der Waals surface area contributed by atoms with E-state index in [0.717, 1.165) is 24.1 Å². The third-order valence-electron chi connectivity index (χ3n) is 3.98. The molecule has 2 nitrogen and oxygen atoms in total. The topological polar surface area (TPSA) is 29.1 Å². The highest BCUT2D eigenvalue weighted by molar-refractivity contribution is 9.09. The van der Waals surface area contributed by atoms with Gasteiger partial charge in [0.05, 0.1) is 0 Å². The van der Waals surface area contributed by atoms with Gasteiger partial charge in [0.25, 0.3) is 0 Å². The van der Waals surface area contributed by atoms with Gasteiger partial charge in [-0.2, -0.15) is 0 Å². The standard InChI is InChI=1S/C15H28BrNO/c1-4-5-6-12-7-9-13(10-8-12)14(18)17-15(2,3)11-16/h12-13H,4-11H2,1-3H3,(H,17,18). The first kappa shape index (κ1) is 16.0. The molecule has 0 spiro atoms. The van der Waals surface area contributed by atoms with Crippen molar-refractivity contribution in [3.8, 4) is 0 Å². The molecule has 1 saturated carbocycles. The molecule has 1 rings (SSSR count). The van der Waals surface area contributed by atoms with E-state index in [-0.39, 0.29) is 17.4 Å². The van der Waals surface area contributed by atoms with Crippen molar-refractivity contribution in [1.29, 1.82) is 0 Å². The van der Waals surface area contributed by atoms with Gasteiger partial charge in [-0.15, -0.1) is 0 Å². The van der Waals surface area contributed by atoms with Crippen LogP contribution < -0.4 is 5.32 Å². The third-order valence-corrected chi connectivity index (χ3v) is 5.38. The second-order valence-electron chi connectivity index (χ2n) is 6.37. The molecule has 106 valence electrons. The van der Waals surface area contributed by atoms with E-state index in [1.165, 1.54) is 32.1 Å². The molecule has 1 amide bonds.